The number of aliphatic hydroxyl groups is 1. The molecular formula is C14H21NO2. The van der Waals surface area contributed by atoms with E-state index in [9.17, 15) is 5.11 Å². The maximum atomic E-state index is 9.35. The van der Waals surface area contributed by atoms with Gasteiger partial charge in [0.2, 0.25) is 0 Å². The highest BCUT2D eigenvalue weighted by molar-refractivity contribution is 5.34. The van der Waals surface area contributed by atoms with Gasteiger partial charge >= 0.3 is 0 Å². The molecule has 94 valence electrons. The van der Waals surface area contributed by atoms with Crippen molar-refractivity contribution in [1.29, 1.82) is 0 Å². The van der Waals surface area contributed by atoms with E-state index in [1.807, 2.05) is 18.2 Å². The summed E-state index contributed by atoms with van der Waals surface area (Å²) >= 11 is 0. The summed E-state index contributed by atoms with van der Waals surface area (Å²) in [7, 11) is 0. The van der Waals surface area contributed by atoms with Crippen LogP contribution >= 0.6 is 0 Å². The van der Waals surface area contributed by atoms with Gasteiger partial charge in [-0.15, -0.1) is 0 Å². The van der Waals surface area contributed by atoms with Gasteiger partial charge in [-0.3, -0.25) is 0 Å². The molecule has 1 aromatic rings. The van der Waals surface area contributed by atoms with Crippen LogP contribution < -0.4 is 10.5 Å². The van der Waals surface area contributed by atoms with Crippen molar-refractivity contribution in [2.24, 2.45) is 11.7 Å². The van der Waals surface area contributed by atoms with Crippen molar-refractivity contribution in [3.8, 4) is 5.75 Å². The van der Waals surface area contributed by atoms with E-state index < -0.39 is 0 Å². The van der Waals surface area contributed by atoms with Gasteiger partial charge in [0.1, 0.15) is 11.9 Å². The van der Waals surface area contributed by atoms with E-state index in [1.54, 1.807) is 0 Å². The Bertz CT molecular complexity index is 388. The van der Waals surface area contributed by atoms with Crippen LogP contribution in [-0.2, 0) is 0 Å². The molecule has 0 saturated heterocycles. The number of hydrogen-bond donors (Lipinski definition) is 2. The second-order valence-corrected chi connectivity index (χ2v) is 5.00. The van der Waals surface area contributed by atoms with Crippen molar-refractivity contribution in [1.82, 2.24) is 0 Å². The van der Waals surface area contributed by atoms with Gasteiger partial charge in [-0.05, 0) is 55.9 Å². The first-order valence-corrected chi connectivity index (χ1v) is 6.22. The second kappa shape index (κ2) is 5.07. The van der Waals surface area contributed by atoms with Crippen LogP contribution in [0.3, 0.4) is 0 Å². The fourth-order valence-corrected chi connectivity index (χ4v) is 1.98. The van der Waals surface area contributed by atoms with Gasteiger partial charge in [-0.1, -0.05) is 6.07 Å². The minimum atomic E-state index is -0.287. The lowest BCUT2D eigenvalue weighted by molar-refractivity contribution is 0.0882. The predicted molar refractivity (Wildman–Crippen MR) is 68.1 cm³/mol. The Morgan fingerprint density at radius 3 is 2.59 bits per heavy atom. The van der Waals surface area contributed by atoms with Crippen LogP contribution in [0.15, 0.2) is 18.2 Å². The van der Waals surface area contributed by atoms with Gasteiger partial charge < -0.3 is 15.6 Å². The molecule has 0 aromatic heterocycles. The van der Waals surface area contributed by atoms with Crippen LogP contribution in [-0.4, -0.2) is 23.9 Å². The summed E-state index contributed by atoms with van der Waals surface area (Å²) < 4.78 is 5.79. The van der Waals surface area contributed by atoms with E-state index in [-0.39, 0.29) is 18.8 Å². The topological polar surface area (TPSA) is 55.5 Å². The van der Waals surface area contributed by atoms with Crippen molar-refractivity contribution in [3.63, 3.8) is 0 Å². The summed E-state index contributed by atoms with van der Waals surface area (Å²) in [6, 6.07) is 5.91. The number of aryl methyl sites for hydroxylation is 2. The SMILES string of the molecule is Cc1ccc(OC(CO)C(N)C2CC2)cc1C. The third-order valence-corrected chi connectivity index (χ3v) is 3.54. The molecule has 0 heterocycles. The molecule has 3 nitrogen and oxygen atoms in total. The number of benzene rings is 1. The fourth-order valence-electron chi connectivity index (χ4n) is 1.98. The molecule has 1 aliphatic carbocycles. The second-order valence-electron chi connectivity index (χ2n) is 5.00. The van der Waals surface area contributed by atoms with Crippen LogP contribution in [0.25, 0.3) is 0 Å². The Morgan fingerprint density at radius 2 is 2.06 bits per heavy atom. The monoisotopic (exact) mass is 235 g/mol. The molecule has 3 N–H and O–H groups in total. The first kappa shape index (κ1) is 12.4. The van der Waals surface area contributed by atoms with Crippen LogP contribution in [0.5, 0.6) is 5.75 Å². The maximum absolute atomic E-state index is 9.35. The van der Waals surface area contributed by atoms with Gasteiger partial charge in [0.25, 0.3) is 0 Å². The van der Waals surface area contributed by atoms with E-state index in [2.05, 4.69) is 13.8 Å². The predicted octanol–water partition coefficient (Wildman–Crippen LogP) is 1.78. The molecule has 0 aliphatic heterocycles. The van der Waals surface area contributed by atoms with Gasteiger partial charge in [0.05, 0.1) is 6.61 Å². The Hall–Kier alpha value is -1.06. The standard InChI is InChI=1S/C14H21NO2/c1-9-3-6-12(7-10(9)2)17-13(8-16)14(15)11-4-5-11/h3,6-7,11,13-14,16H,4-5,8,15H2,1-2H3. The van der Waals surface area contributed by atoms with E-state index in [4.69, 9.17) is 10.5 Å². The molecule has 0 radical (unpaired) electrons. The van der Waals surface area contributed by atoms with Gasteiger partial charge in [0, 0.05) is 6.04 Å². The van der Waals surface area contributed by atoms with E-state index in [0.29, 0.717) is 5.92 Å². The molecule has 2 atom stereocenters. The minimum Gasteiger partial charge on any atom is -0.486 e. The molecular weight excluding hydrogens is 214 g/mol. The van der Waals surface area contributed by atoms with Crippen LogP contribution in [0.2, 0.25) is 0 Å². The third kappa shape index (κ3) is 2.99. The average molecular weight is 235 g/mol. The van der Waals surface area contributed by atoms with Gasteiger partial charge in [-0.25, -0.2) is 0 Å². The van der Waals surface area contributed by atoms with Gasteiger partial charge in [0.15, 0.2) is 0 Å². The average Bonchev–Trinajstić information content (AvgIpc) is 3.13. The molecule has 3 heteroatoms. The first-order valence-electron chi connectivity index (χ1n) is 6.22. The molecule has 2 unspecified atom stereocenters. The Kier molecular flexibility index (Phi) is 3.69. The molecule has 1 saturated carbocycles. The van der Waals surface area contributed by atoms with Crippen molar-refractivity contribution >= 4 is 0 Å². The van der Waals surface area contributed by atoms with Crippen molar-refractivity contribution in [3.05, 3.63) is 29.3 Å². The summed E-state index contributed by atoms with van der Waals surface area (Å²) in [5, 5.41) is 9.35. The van der Waals surface area contributed by atoms with Crippen molar-refractivity contribution in [2.75, 3.05) is 6.61 Å². The zero-order valence-corrected chi connectivity index (χ0v) is 10.5. The number of ether oxygens (including phenoxy) is 1. The Labute approximate surface area is 103 Å². The molecule has 1 aromatic carbocycles. The first-order chi connectivity index (χ1) is 8.11. The molecule has 17 heavy (non-hydrogen) atoms. The number of aliphatic hydroxyl groups excluding tert-OH is 1. The molecule has 0 bridgehead atoms. The van der Waals surface area contributed by atoms with Crippen molar-refractivity contribution in [2.45, 2.75) is 38.8 Å². The Balaban J connectivity index is 2.04. The Morgan fingerprint density at radius 1 is 1.35 bits per heavy atom. The molecule has 0 spiro atoms. The lowest BCUT2D eigenvalue weighted by Gasteiger charge is -2.23. The highest BCUT2D eigenvalue weighted by Gasteiger charge is 2.34. The number of nitrogens with two attached hydrogens (primary N) is 1. The lowest BCUT2D eigenvalue weighted by Crippen LogP contribution is -2.43. The maximum Gasteiger partial charge on any atom is 0.137 e. The molecule has 1 fully saturated rings. The third-order valence-electron chi connectivity index (χ3n) is 3.54. The largest absolute Gasteiger partial charge is 0.486 e. The van der Waals surface area contributed by atoms with Gasteiger partial charge in [-0.2, -0.15) is 0 Å². The van der Waals surface area contributed by atoms with Crippen molar-refractivity contribution < 1.29 is 9.84 Å². The quantitative estimate of drug-likeness (QED) is 0.818. The van der Waals surface area contributed by atoms with Crippen LogP contribution in [0.1, 0.15) is 24.0 Å². The summed E-state index contributed by atoms with van der Waals surface area (Å²) in [4.78, 5) is 0. The highest BCUT2D eigenvalue weighted by atomic mass is 16.5. The number of hydrogen-bond acceptors (Lipinski definition) is 3. The molecule has 1 aliphatic rings. The van der Waals surface area contributed by atoms with E-state index in [1.165, 1.54) is 11.1 Å². The normalized spacial score (nSPS) is 18.8. The highest BCUT2D eigenvalue weighted by Crippen LogP contribution is 2.33. The minimum absolute atomic E-state index is 0.0232. The van der Waals surface area contributed by atoms with E-state index in [0.717, 1.165) is 18.6 Å². The summed E-state index contributed by atoms with van der Waals surface area (Å²) in [5.74, 6) is 1.32. The smallest absolute Gasteiger partial charge is 0.137 e. The summed E-state index contributed by atoms with van der Waals surface area (Å²) in [5.41, 5.74) is 8.50. The van der Waals surface area contributed by atoms with Crippen LogP contribution in [0, 0.1) is 19.8 Å². The molecule has 2 rings (SSSR count). The summed E-state index contributed by atoms with van der Waals surface area (Å²) in [6.45, 7) is 4.10. The molecule has 0 amide bonds. The number of rotatable bonds is 5. The van der Waals surface area contributed by atoms with E-state index >= 15 is 0 Å². The van der Waals surface area contributed by atoms with Crippen LogP contribution in [0.4, 0.5) is 0 Å². The lowest BCUT2D eigenvalue weighted by atomic mass is 10.1. The fraction of sp³-hybridized carbons (Fsp3) is 0.571. The zero-order chi connectivity index (χ0) is 12.4. The summed E-state index contributed by atoms with van der Waals surface area (Å²) in [6.07, 6.45) is 2.03. The zero-order valence-electron chi connectivity index (χ0n) is 10.5.